The van der Waals surface area contributed by atoms with E-state index >= 15 is 0 Å². The highest BCUT2D eigenvalue weighted by Gasteiger charge is 2.19. The Balaban J connectivity index is 2.43. The van der Waals surface area contributed by atoms with Gasteiger partial charge in [0, 0.05) is 11.6 Å². The molecule has 0 spiro atoms. The molecular weight excluding hydrogens is 303 g/mol. The van der Waals surface area contributed by atoms with E-state index in [1.807, 2.05) is 0 Å². The van der Waals surface area contributed by atoms with Gasteiger partial charge in [-0.3, -0.25) is 4.72 Å². The molecule has 7 heteroatoms. The third-order valence-electron chi connectivity index (χ3n) is 2.65. The third kappa shape index (κ3) is 3.09. The minimum atomic E-state index is -3.92. The van der Waals surface area contributed by atoms with Crippen LogP contribution in [0.3, 0.4) is 0 Å². The van der Waals surface area contributed by atoms with Crippen molar-refractivity contribution in [1.82, 2.24) is 0 Å². The van der Waals surface area contributed by atoms with Crippen molar-refractivity contribution in [3.63, 3.8) is 0 Å². The predicted molar refractivity (Wildman–Crippen MR) is 76.6 cm³/mol. The minimum Gasteiger partial charge on any atom is -0.326 e. The number of anilines is 1. The van der Waals surface area contributed by atoms with Crippen LogP contribution in [0.4, 0.5) is 10.1 Å². The maximum absolute atomic E-state index is 13.6. The maximum atomic E-state index is 13.6. The van der Waals surface area contributed by atoms with E-state index in [2.05, 4.69) is 4.72 Å². The standard InChI is InChI=1S/C13H12ClFN2O2S/c14-10-5-6-11(15)12(7-10)17-20(18,19)13-4-2-1-3-9(13)8-16/h1-7,17H,8,16H2. The summed E-state index contributed by atoms with van der Waals surface area (Å²) >= 11 is 5.73. The van der Waals surface area contributed by atoms with Crippen LogP contribution in [0.1, 0.15) is 5.56 Å². The van der Waals surface area contributed by atoms with E-state index in [4.69, 9.17) is 17.3 Å². The highest BCUT2D eigenvalue weighted by molar-refractivity contribution is 7.92. The molecule has 0 radical (unpaired) electrons. The highest BCUT2D eigenvalue weighted by atomic mass is 35.5. The number of sulfonamides is 1. The number of benzene rings is 2. The fourth-order valence-corrected chi connectivity index (χ4v) is 3.19. The Morgan fingerprint density at radius 3 is 2.60 bits per heavy atom. The average Bonchev–Trinajstić information content (AvgIpc) is 2.42. The van der Waals surface area contributed by atoms with Crippen LogP contribution in [0.25, 0.3) is 0 Å². The fourth-order valence-electron chi connectivity index (χ4n) is 1.71. The zero-order valence-corrected chi connectivity index (χ0v) is 11.9. The van der Waals surface area contributed by atoms with Crippen LogP contribution in [-0.2, 0) is 16.6 Å². The van der Waals surface area contributed by atoms with Crippen molar-refractivity contribution in [1.29, 1.82) is 0 Å². The van der Waals surface area contributed by atoms with Gasteiger partial charge in [-0.2, -0.15) is 0 Å². The second-order valence-electron chi connectivity index (χ2n) is 4.04. The van der Waals surface area contributed by atoms with E-state index in [0.29, 0.717) is 5.56 Å². The molecule has 2 rings (SSSR count). The van der Waals surface area contributed by atoms with Gasteiger partial charge in [-0.05, 0) is 29.8 Å². The van der Waals surface area contributed by atoms with Crippen molar-refractivity contribution < 1.29 is 12.8 Å². The Kier molecular flexibility index (Phi) is 4.27. The van der Waals surface area contributed by atoms with Crippen LogP contribution in [0, 0.1) is 5.82 Å². The van der Waals surface area contributed by atoms with Gasteiger partial charge in [0.25, 0.3) is 10.0 Å². The van der Waals surface area contributed by atoms with Gasteiger partial charge in [0.2, 0.25) is 0 Å². The van der Waals surface area contributed by atoms with Crippen LogP contribution in [0.2, 0.25) is 5.02 Å². The Bertz CT molecular complexity index is 735. The number of hydrogen-bond acceptors (Lipinski definition) is 3. The topological polar surface area (TPSA) is 72.2 Å². The molecule has 0 heterocycles. The zero-order valence-electron chi connectivity index (χ0n) is 10.3. The zero-order chi connectivity index (χ0) is 14.8. The summed E-state index contributed by atoms with van der Waals surface area (Å²) < 4.78 is 40.3. The molecule has 0 aromatic heterocycles. The van der Waals surface area contributed by atoms with E-state index in [1.165, 1.54) is 18.2 Å². The van der Waals surface area contributed by atoms with Gasteiger partial charge < -0.3 is 5.73 Å². The lowest BCUT2D eigenvalue weighted by Crippen LogP contribution is -2.17. The number of halogens is 2. The lowest BCUT2D eigenvalue weighted by molar-refractivity contribution is 0.597. The van der Waals surface area contributed by atoms with E-state index < -0.39 is 15.8 Å². The highest BCUT2D eigenvalue weighted by Crippen LogP contribution is 2.24. The normalized spacial score (nSPS) is 11.3. The summed E-state index contributed by atoms with van der Waals surface area (Å²) in [6.07, 6.45) is 0. The molecule has 0 aliphatic carbocycles. The monoisotopic (exact) mass is 314 g/mol. The summed E-state index contributed by atoms with van der Waals surface area (Å²) in [5.74, 6) is -0.705. The SMILES string of the molecule is NCc1ccccc1S(=O)(=O)Nc1cc(Cl)ccc1F. The van der Waals surface area contributed by atoms with Crippen LogP contribution in [0.15, 0.2) is 47.4 Å². The first-order valence-corrected chi connectivity index (χ1v) is 7.56. The average molecular weight is 315 g/mol. The number of hydrogen-bond donors (Lipinski definition) is 2. The predicted octanol–water partition coefficient (Wildman–Crippen LogP) is 2.74. The molecule has 2 aromatic carbocycles. The van der Waals surface area contributed by atoms with Crippen molar-refractivity contribution in [2.24, 2.45) is 5.73 Å². The molecule has 0 aliphatic rings. The second-order valence-corrected chi connectivity index (χ2v) is 6.13. The molecule has 0 bridgehead atoms. The van der Waals surface area contributed by atoms with E-state index in [-0.39, 0.29) is 22.2 Å². The molecule has 0 saturated carbocycles. The molecule has 0 unspecified atom stereocenters. The summed E-state index contributed by atoms with van der Waals surface area (Å²) in [5, 5.41) is 0.233. The molecule has 3 N–H and O–H groups in total. The molecule has 20 heavy (non-hydrogen) atoms. The largest absolute Gasteiger partial charge is 0.326 e. The minimum absolute atomic E-state index is 0.0156. The Morgan fingerprint density at radius 2 is 1.90 bits per heavy atom. The fraction of sp³-hybridized carbons (Fsp3) is 0.0769. The van der Waals surface area contributed by atoms with Gasteiger partial charge >= 0.3 is 0 Å². The van der Waals surface area contributed by atoms with Crippen molar-refractivity contribution >= 4 is 27.3 Å². The maximum Gasteiger partial charge on any atom is 0.262 e. The smallest absolute Gasteiger partial charge is 0.262 e. The van der Waals surface area contributed by atoms with Crippen LogP contribution < -0.4 is 10.5 Å². The van der Waals surface area contributed by atoms with E-state index in [1.54, 1.807) is 18.2 Å². The Hall–Kier alpha value is -1.63. The molecule has 0 amide bonds. The van der Waals surface area contributed by atoms with Gasteiger partial charge in [0.15, 0.2) is 0 Å². The van der Waals surface area contributed by atoms with Crippen molar-refractivity contribution in [2.45, 2.75) is 11.4 Å². The van der Waals surface area contributed by atoms with Gasteiger partial charge in [-0.1, -0.05) is 29.8 Å². The van der Waals surface area contributed by atoms with E-state index in [9.17, 15) is 12.8 Å². The quantitative estimate of drug-likeness (QED) is 0.911. The van der Waals surface area contributed by atoms with Gasteiger partial charge in [-0.25, -0.2) is 12.8 Å². The Labute approximate surface area is 121 Å². The van der Waals surface area contributed by atoms with Crippen molar-refractivity contribution in [2.75, 3.05) is 4.72 Å². The molecule has 0 atom stereocenters. The van der Waals surface area contributed by atoms with Crippen LogP contribution in [0.5, 0.6) is 0 Å². The van der Waals surface area contributed by atoms with Gasteiger partial charge in [0.05, 0.1) is 10.6 Å². The molecule has 0 fully saturated rings. The first kappa shape index (κ1) is 14.8. The number of rotatable bonds is 4. The van der Waals surface area contributed by atoms with Crippen LogP contribution >= 0.6 is 11.6 Å². The van der Waals surface area contributed by atoms with Gasteiger partial charge in [0.1, 0.15) is 5.82 Å². The lowest BCUT2D eigenvalue weighted by atomic mass is 10.2. The summed E-state index contributed by atoms with van der Waals surface area (Å²) in [4.78, 5) is 0.0156. The summed E-state index contributed by atoms with van der Waals surface area (Å²) in [6.45, 7) is 0.0646. The number of nitrogens with one attached hydrogen (secondary N) is 1. The molecule has 0 aliphatic heterocycles. The van der Waals surface area contributed by atoms with Gasteiger partial charge in [-0.15, -0.1) is 0 Å². The summed E-state index contributed by atoms with van der Waals surface area (Å²) in [5.41, 5.74) is 5.75. The summed E-state index contributed by atoms with van der Waals surface area (Å²) in [7, 11) is -3.92. The third-order valence-corrected chi connectivity index (χ3v) is 4.36. The number of nitrogens with two attached hydrogens (primary N) is 1. The lowest BCUT2D eigenvalue weighted by Gasteiger charge is -2.12. The first-order valence-electron chi connectivity index (χ1n) is 5.70. The molecular formula is C13H12ClFN2O2S. The molecule has 0 saturated heterocycles. The van der Waals surface area contributed by atoms with Crippen molar-refractivity contribution in [3.8, 4) is 0 Å². The molecule has 106 valence electrons. The van der Waals surface area contributed by atoms with Crippen molar-refractivity contribution in [3.05, 3.63) is 58.9 Å². The molecule has 2 aromatic rings. The van der Waals surface area contributed by atoms with E-state index in [0.717, 1.165) is 6.07 Å². The second kappa shape index (κ2) is 5.78. The summed E-state index contributed by atoms with van der Waals surface area (Å²) in [6, 6.07) is 9.90. The van der Waals surface area contributed by atoms with Crippen LogP contribution in [-0.4, -0.2) is 8.42 Å². The Morgan fingerprint density at radius 1 is 1.20 bits per heavy atom. The first-order chi connectivity index (χ1) is 9.44. The molecule has 4 nitrogen and oxygen atoms in total.